The van der Waals surface area contributed by atoms with Crippen molar-refractivity contribution in [3.63, 3.8) is 0 Å². The molecule has 0 aliphatic heterocycles. The number of rotatable bonds is 0. The monoisotopic (exact) mass is 197 g/mol. The van der Waals surface area contributed by atoms with E-state index in [1.165, 1.54) is 4.24 Å². The number of benzene rings is 1. The molecule has 1 aromatic carbocycles. The minimum atomic E-state index is -4.64. The van der Waals surface area contributed by atoms with Gasteiger partial charge in [0.25, 0.3) is 0 Å². The summed E-state index contributed by atoms with van der Waals surface area (Å²) >= 11 is 2.02. The third-order valence-electron chi connectivity index (χ3n) is 1.04. The molecular weight excluding hydrogens is 188 g/mol. The summed E-state index contributed by atoms with van der Waals surface area (Å²) in [7, 11) is -4.64. The molecule has 7 heteroatoms. The molecule has 0 aliphatic carbocycles. The molecular formula is C6H9LiNO4P. The van der Waals surface area contributed by atoms with E-state index >= 15 is 0 Å². The molecule has 0 saturated heterocycles. The number of nitrogens with two attached hydrogens (primary N) is 1. The van der Waals surface area contributed by atoms with Crippen molar-refractivity contribution in [1.82, 2.24) is 0 Å². The fraction of sp³-hybridized carbons (Fsp3) is 0. The van der Waals surface area contributed by atoms with E-state index in [1.807, 2.05) is 42.0 Å². The Labute approximate surface area is 85.0 Å². The summed E-state index contributed by atoms with van der Waals surface area (Å²) in [5.41, 5.74) is 6.30. The van der Waals surface area contributed by atoms with Crippen molar-refractivity contribution in [3.05, 3.63) is 24.3 Å². The standard InChI is InChI=1S/C6H6N.Li.H3O4P/c7-6-4-2-1-3-5-6;;1-5(2,3)4/h1-2,4-5H,7H2;;(H3,1,2,3,4). The zero-order valence-corrected chi connectivity index (χ0v) is 7.98. The van der Waals surface area contributed by atoms with Gasteiger partial charge in [-0.05, 0) is 0 Å². The molecule has 0 unspecified atom stereocenters. The topological polar surface area (TPSA) is 104 Å². The molecule has 5 nitrogen and oxygen atoms in total. The van der Waals surface area contributed by atoms with E-state index in [0.717, 1.165) is 5.69 Å². The molecule has 0 spiro atoms. The van der Waals surface area contributed by atoms with Crippen LogP contribution in [0.15, 0.2) is 24.3 Å². The van der Waals surface area contributed by atoms with Gasteiger partial charge >= 0.3 is 65.5 Å². The van der Waals surface area contributed by atoms with Gasteiger partial charge in [-0.15, -0.1) is 0 Å². The van der Waals surface area contributed by atoms with Crippen molar-refractivity contribution in [3.8, 4) is 0 Å². The predicted octanol–water partition coefficient (Wildman–Crippen LogP) is -0.866. The summed E-state index contributed by atoms with van der Waals surface area (Å²) in [5.74, 6) is 0. The second-order valence-corrected chi connectivity index (χ2v) is 3.45. The quantitative estimate of drug-likeness (QED) is 0.246. The molecule has 1 rings (SSSR count). The average molecular weight is 197 g/mol. The Balaban J connectivity index is 0.000000252. The third-order valence-corrected chi connectivity index (χ3v) is 1.04. The van der Waals surface area contributed by atoms with Crippen LogP contribution in [0.4, 0.5) is 5.69 Å². The number of nitrogen functional groups attached to an aromatic ring is 1. The molecule has 0 radical (unpaired) electrons. The Morgan fingerprint density at radius 1 is 1.31 bits per heavy atom. The molecule has 0 aliphatic rings. The molecule has 0 bridgehead atoms. The number of anilines is 1. The van der Waals surface area contributed by atoms with Gasteiger partial charge in [0.05, 0.1) is 0 Å². The van der Waals surface area contributed by atoms with Gasteiger partial charge in [0, 0.05) is 0 Å². The Kier molecular flexibility index (Phi) is 5.34. The maximum absolute atomic E-state index is 8.88. The molecule has 0 fully saturated rings. The summed E-state index contributed by atoms with van der Waals surface area (Å²) in [6, 6.07) is 7.80. The van der Waals surface area contributed by atoms with E-state index in [2.05, 4.69) is 0 Å². The minimum absolute atomic E-state index is 0.838. The van der Waals surface area contributed by atoms with Crippen molar-refractivity contribution in [1.29, 1.82) is 0 Å². The van der Waals surface area contributed by atoms with E-state index in [0.29, 0.717) is 0 Å². The fourth-order valence-electron chi connectivity index (χ4n) is 0.670. The maximum atomic E-state index is 8.88. The van der Waals surface area contributed by atoms with Crippen molar-refractivity contribution >= 4 is 35.5 Å². The first-order chi connectivity index (χ1) is 5.79. The van der Waals surface area contributed by atoms with Crippen LogP contribution in [0.5, 0.6) is 0 Å². The molecule has 5 N–H and O–H groups in total. The van der Waals surface area contributed by atoms with Crippen LogP contribution >= 0.6 is 7.82 Å². The van der Waals surface area contributed by atoms with Crippen molar-refractivity contribution in [2.45, 2.75) is 0 Å². The zero-order chi connectivity index (χ0) is 10.5. The van der Waals surface area contributed by atoms with Crippen molar-refractivity contribution in [2.24, 2.45) is 0 Å². The summed E-state index contributed by atoms with van der Waals surface area (Å²) in [6.45, 7) is 0. The summed E-state index contributed by atoms with van der Waals surface area (Å²) in [6.07, 6.45) is 0. The molecule has 0 amide bonds. The van der Waals surface area contributed by atoms with Gasteiger partial charge in [-0.1, -0.05) is 0 Å². The SMILES string of the molecule is O=P(O)(O)O.[Li][c]1cccc(N)c1. The van der Waals surface area contributed by atoms with Crippen LogP contribution < -0.4 is 9.97 Å². The van der Waals surface area contributed by atoms with Gasteiger partial charge in [0.1, 0.15) is 0 Å². The molecule has 0 saturated carbocycles. The average Bonchev–Trinajstić information content (AvgIpc) is 1.81. The van der Waals surface area contributed by atoms with Gasteiger partial charge in [-0.25, -0.2) is 4.57 Å². The van der Waals surface area contributed by atoms with Crippen LogP contribution in [0, 0.1) is 0 Å². The van der Waals surface area contributed by atoms with E-state index in [1.54, 1.807) is 0 Å². The summed E-state index contributed by atoms with van der Waals surface area (Å²) in [4.78, 5) is 21.6. The van der Waals surface area contributed by atoms with Gasteiger partial charge in [0.15, 0.2) is 0 Å². The van der Waals surface area contributed by atoms with Crippen LogP contribution in [0.2, 0.25) is 0 Å². The van der Waals surface area contributed by atoms with E-state index in [-0.39, 0.29) is 0 Å². The van der Waals surface area contributed by atoms with Gasteiger partial charge in [-0.2, -0.15) is 0 Å². The molecule has 0 aromatic heterocycles. The first kappa shape index (κ1) is 12.7. The Hall–Kier alpha value is -0.273. The van der Waals surface area contributed by atoms with Gasteiger partial charge < -0.3 is 14.7 Å². The van der Waals surface area contributed by atoms with Crippen LogP contribution in [0.1, 0.15) is 0 Å². The fourth-order valence-corrected chi connectivity index (χ4v) is 0.670. The zero-order valence-electron chi connectivity index (χ0n) is 7.08. The van der Waals surface area contributed by atoms with Crippen molar-refractivity contribution in [2.75, 3.05) is 5.73 Å². The van der Waals surface area contributed by atoms with Crippen LogP contribution in [0.3, 0.4) is 0 Å². The molecule has 0 atom stereocenters. The number of phosphoric acid groups is 1. The summed E-state index contributed by atoms with van der Waals surface area (Å²) < 4.78 is 10.1. The Morgan fingerprint density at radius 2 is 1.77 bits per heavy atom. The second kappa shape index (κ2) is 5.46. The first-order valence-electron chi connectivity index (χ1n) is 3.39. The number of hydrogen-bond donors (Lipinski definition) is 4. The van der Waals surface area contributed by atoms with Gasteiger partial charge in [-0.3, -0.25) is 0 Å². The van der Waals surface area contributed by atoms with Crippen molar-refractivity contribution < 1.29 is 19.2 Å². The number of hydrogen-bond acceptors (Lipinski definition) is 2. The normalized spacial score (nSPS) is 10.2. The van der Waals surface area contributed by atoms with E-state index in [9.17, 15) is 0 Å². The van der Waals surface area contributed by atoms with E-state index < -0.39 is 7.82 Å². The Morgan fingerprint density at radius 3 is 2.00 bits per heavy atom. The van der Waals surface area contributed by atoms with Crippen LogP contribution in [-0.2, 0) is 4.57 Å². The Bertz CT molecular complexity index is 288. The molecule has 1 aromatic rings. The summed E-state index contributed by atoms with van der Waals surface area (Å²) in [5, 5.41) is 0. The predicted molar refractivity (Wildman–Crippen MR) is 50.5 cm³/mol. The third kappa shape index (κ3) is 11.7. The molecule has 68 valence electrons. The molecule has 13 heavy (non-hydrogen) atoms. The first-order valence-corrected chi connectivity index (χ1v) is 4.96. The molecule has 0 heterocycles. The van der Waals surface area contributed by atoms with E-state index in [4.69, 9.17) is 25.0 Å². The van der Waals surface area contributed by atoms with Crippen LogP contribution in [0.25, 0.3) is 0 Å². The second-order valence-electron chi connectivity index (χ2n) is 2.43. The van der Waals surface area contributed by atoms with Gasteiger partial charge in [0.2, 0.25) is 0 Å². The van der Waals surface area contributed by atoms with Crippen LogP contribution in [-0.4, -0.2) is 32.4 Å².